The second-order valence-corrected chi connectivity index (χ2v) is 3.75. The number of hydrogen-bond donors (Lipinski definition) is 0. The van der Waals surface area contributed by atoms with Gasteiger partial charge in [-0.3, -0.25) is 0 Å². The van der Waals surface area contributed by atoms with Gasteiger partial charge in [0.05, 0.1) is 0 Å². The molecule has 0 aliphatic heterocycles. The molecule has 1 heterocycles. The van der Waals surface area contributed by atoms with Crippen LogP contribution in [0, 0.1) is 6.92 Å². The van der Waals surface area contributed by atoms with Gasteiger partial charge in [-0.1, -0.05) is 41.9 Å². The Bertz CT molecular complexity index is 454. The first-order valence-corrected chi connectivity index (χ1v) is 5.15. The predicted octanol–water partition coefficient (Wildman–Crippen LogP) is 3.03. The molecule has 1 aromatic heterocycles. The smallest absolute Gasteiger partial charge is 0.136 e. The van der Waals surface area contributed by atoms with Crippen molar-refractivity contribution in [3.63, 3.8) is 0 Å². The monoisotopic (exact) mass is 218 g/mol. The van der Waals surface area contributed by atoms with Crippen LogP contribution >= 0.6 is 11.6 Å². The van der Waals surface area contributed by atoms with Crippen molar-refractivity contribution >= 4 is 11.6 Å². The summed E-state index contributed by atoms with van der Waals surface area (Å²) in [6.07, 6.45) is 2.57. The minimum Gasteiger partial charge on any atom is -0.241 e. The number of aromatic nitrogens is 2. The zero-order valence-corrected chi connectivity index (χ0v) is 9.20. The van der Waals surface area contributed by atoms with E-state index >= 15 is 0 Å². The Morgan fingerprint density at radius 1 is 1.20 bits per heavy atom. The normalized spacial score (nSPS) is 10.3. The summed E-state index contributed by atoms with van der Waals surface area (Å²) < 4.78 is 0. The Morgan fingerprint density at radius 2 is 1.93 bits per heavy atom. The van der Waals surface area contributed by atoms with E-state index in [9.17, 15) is 0 Å². The van der Waals surface area contributed by atoms with Gasteiger partial charge in [0, 0.05) is 18.2 Å². The van der Waals surface area contributed by atoms with E-state index in [2.05, 4.69) is 22.1 Å². The topological polar surface area (TPSA) is 25.8 Å². The molecule has 2 rings (SSSR count). The third-order valence-corrected chi connectivity index (χ3v) is 2.50. The van der Waals surface area contributed by atoms with Gasteiger partial charge in [0.1, 0.15) is 11.0 Å². The Labute approximate surface area is 94.0 Å². The number of benzene rings is 1. The average molecular weight is 219 g/mol. The van der Waals surface area contributed by atoms with Crippen molar-refractivity contribution in [2.45, 2.75) is 13.3 Å². The lowest BCUT2D eigenvalue weighted by Crippen LogP contribution is -1.95. The van der Waals surface area contributed by atoms with Crippen LogP contribution in [0.2, 0.25) is 5.15 Å². The second-order valence-electron chi connectivity index (χ2n) is 3.40. The maximum absolute atomic E-state index is 6.03. The minimum atomic E-state index is 0.548. The molecule has 3 heteroatoms. The van der Waals surface area contributed by atoms with E-state index in [0.29, 0.717) is 11.0 Å². The van der Waals surface area contributed by atoms with E-state index in [1.165, 1.54) is 5.56 Å². The van der Waals surface area contributed by atoms with Crippen LogP contribution < -0.4 is 0 Å². The van der Waals surface area contributed by atoms with Crippen LogP contribution in [0.5, 0.6) is 0 Å². The molecule has 0 N–H and O–H groups in total. The summed E-state index contributed by atoms with van der Waals surface area (Å²) in [5.41, 5.74) is 2.18. The van der Waals surface area contributed by atoms with Crippen molar-refractivity contribution < 1.29 is 0 Å². The molecule has 76 valence electrons. The molecule has 0 aliphatic carbocycles. The number of hydrogen-bond acceptors (Lipinski definition) is 2. The average Bonchev–Trinajstić information content (AvgIpc) is 2.24. The summed E-state index contributed by atoms with van der Waals surface area (Å²) in [5, 5.41) is 0.548. The van der Waals surface area contributed by atoms with Gasteiger partial charge in [-0.2, -0.15) is 0 Å². The summed E-state index contributed by atoms with van der Waals surface area (Å²) in [6, 6.07) is 10.2. The minimum absolute atomic E-state index is 0.548. The summed E-state index contributed by atoms with van der Waals surface area (Å²) in [4.78, 5) is 8.26. The number of halogens is 1. The molecule has 0 bridgehead atoms. The van der Waals surface area contributed by atoms with Gasteiger partial charge < -0.3 is 0 Å². The van der Waals surface area contributed by atoms with Gasteiger partial charge in [-0.25, -0.2) is 9.97 Å². The van der Waals surface area contributed by atoms with Crippen LogP contribution in [0.1, 0.15) is 17.0 Å². The zero-order chi connectivity index (χ0) is 10.7. The Morgan fingerprint density at radius 3 is 2.60 bits per heavy atom. The fourth-order valence-electron chi connectivity index (χ4n) is 1.40. The van der Waals surface area contributed by atoms with E-state index in [0.717, 1.165) is 12.0 Å². The summed E-state index contributed by atoms with van der Waals surface area (Å²) in [6.45, 7) is 1.83. The Balaban J connectivity index is 2.25. The van der Waals surface area contributed by atoms with Crippen LogP contribution in [-0.2, 0) is 6.42 Å². The van der Waals surface area contributed by atoms with Crippen LogP contribution in [-0.4, -0.2) is 9.97 Å². The van der Waals surface area contributed by atoms with Gasteiger partial charge in [-0.15, -0.1) is 0 Å². The van der Waals surface area contributed by atoms with Crippen LogP contribution in [0.25, 0.3) is 0 Å². The molecule has 0 spiro atoms. The fourth-order valence-corrected chi connectivity index (χ4v) is 1.64. The molecule has 1 aromatic carbocycles. The van der Waals surface area contributed by atoms with E-state index in [-0.39, 0.29) is 0 Å². The standard InChI is InChI=1S/C12H11ClN2/c1-9-14-8-11(12(13)15-9)7-10-5-3-2-4-6-10/h2-6,8H,7H2,1H3. The molecule has 0 saturated carbocycles. The molecule has 0 fully saturated rings. The second kappa shape index (κ2) is 4.41. The van der Waals surface area contributed by atoms with Crippen molar-refractivity contribution in [2.24, 2.45) is 0 Å². The van der Waals surface area contributed by atoms with E-state index < -0.39 is 0 Å². The number of nitrogens with zero attached hydrogens (tertiary/aromatic N) is 2. The molecule has 0 radical (unpaired) electrons. The highest BCUT2D eigenvalue weighted by Gasteiger charge is 2.03. The van der Waals surface area contributed by atoms with Gasteiger partial charge in [0.15, 0.2) is 0 Å². The van der Waals surface area contributed by atoms with Crippen molar-refractivity contribution in [2.75, 3.05) is 0 Å². The lowest BCUT2D eigenvalue weighted by Gasteiger charge is -2.03. The molecule has 2 nitrogen and oxygen atoms in total. The van der Waals surface area contributed by atoms with Crippen molar-refractivity contribution in [1.29, 1.82) is 0 Å². The molecule has 0 atom stereocenters. The summed E-state index contributed by atoms with van der Waals surface area (Å²) in [7, 11) is 0. The first-order chi connectivity index (χ1) is 7.25. The third-order valence-electron chi connectivity index (χ3n) is 2.17. The SMILES string of the molecule is Cc1ncc(Cc2ccccc2)c(Cl)n1. The predicted molar refractivity (Wildman–Crippen MR) is 61.0 cm³/mol. The fraction of sp³-hybridized carbons (Fsp3) is 0.167. The number of rotatable bonds is 2. The van der Waals surface area contributed by atoms with Gasteiger partial charge >= 0.3 is 0 Å². The first-order valence-electron chi connectivity index (χ1n) is 4.77. The lowest BCUT2D eigenvalue weighted by atomic mass is 10.1. The van der Waals surface area contributed by atoms with Gasteiger partial charge in [-0.05, 0) is 12.5 Å². The van der Waals surface area contributed by atoms with Crippen LogP contribution in [0.15, 0.2) is 36.5 Å². The highest BCUT2D eigenvalue weighted by molar-refractivity contribution is 6.30. The highest BCUT2D eigenvalue weighted by atomic mass is 35.5. The van der Waals surface area contributed by atoms with Gasteiger partial charge in [0.25, 0.3) is 0 Å². The lowest BCUT2D eigenvalue weighted by molar-refractivity contribution is 1.00. The van der Waals surface area contributed by atoms with E-state index in [1.54, 1.807) is 6.20 Å². The van der Waals surface area contributed by atoms with E-state index in [1.807, 2.05) is 25.1 Å². The van der Waals surface area contributed by atoms with Crippen LogP contribution in [0.4, 0.5) is 0 Å². The highest BCUT2D eigenvalue weighted by Crippen LogP contribution is 2.16. The van der Waals surface area contributed by atoms with E-state index in [4.69, 9.17) is 11.6 Å². The van der Waals surface area contributed by atoms with Crippen molar-refractivity contribution in [1.82, 2.24) is 9.97 Å². The van der Waals surface area contributed by atoms with Crippen molar-refractivity contribution in [3.8, 4) is 0 Å². The molecular formula is C12H11ClN2. The Hall–Kier alpha value is -1.41. The summed E-state index contributed by atoms with van der Waals surface area (Å²) >= 11 is 6.03. The van der Waals surface area contributed by atoms with Crippen molar-refractivity contribution in [3.05, 3.63) is 58.6 Å². The van der Waals surface area contributed by atoms with Crippen LogP contribution in [0.3, 0.4) is 0 Å². The molecule has 15 heavy (non-hydrogen) atoms. The number of aryl methyl sites for hydroxylation is 1. The Kier molecular flexibility index (Phi) is 2.97. The first kappa shape index (κ1) is 10.1. The maximum Gasteiger partial charge on any atom is 0.136 e. The largest absolute Gasteiger partial charge is 0.241 e. The summed E-state index contributed by atoms with van der Waals surface area (Å²) in [5.74, 6) is 0.705. The molecular weight excluding hydrogens is 208 g/mol. The third kappa shape index (κ3) is 2.54. The molecule has 0 saturated heterocycles. The quantitative estimate of drug-likeness (QED) is 0.725. The molecule has 0 amide bonds. The molecule has 0 aliphatic rings. The molecule has 0 unspecified atom stereocenters. The molecule has 2 aromatic rings. The zero-order valence-electron chi connectivity index (χ0n) is 8.44. The van der Waals surface area contributed by atoms with Gasteiger partial charge in [0.2, 0.25) is 0 Å². The maximum atomic E-state index is 6.03.